The van der Waals surface area contributed by atoms with E-state index in [2.05, 4.69) is 38.2 Å². The minimum absolute atomic E-state index is 0.146. The van der Waals surface area contributed by atoms with Crippen LogP contribution in [0.15, 0.2) is 84.9 Å². The molecule has 0 spiro atoms. The van der Waals surface area contributed by atoms with Crippen molar-refractivity contribution in [1.82, 2.24) is 15.1 Å². The molecule has 0 unspecified atom stereocenters. The Morgan fingerprint density at radius 1 is 0.782 bits per heavy atom. The van der Waals surface area contributed by atoms with Gasteiger partial charge in [-0.25, -0.2) is 4.39 Å². The number of ether oxygens (including phenoxy) is 1. The first-order valence-corrected chi connectivity index (χ1v) is 19.6. The highest BCUT2D eigenvalue weighted by Gasteiger charge is 2.39. The van der Waals surface area contributed by atoms with E-state index in [1.165, 1.54) is 0 Å². The molecule has 3 fully saturated rings. The van der Waals surface area contributed by atoms with E-state index in [0.717, 1.165) is 92.2 Å². The van der Waals surface area contributed by atoms with E-state index in [4.69, 9.17) is 4.74 Å². The van der Waals surface area contributed by atoms with Gasteiger partial charge in [-0.2, -0.15) is 0 Å². The topological polar surface area (TPSA) is 106 Å². The number of imide groups is 1. The standard InChI is InChI=1S/C44H46FN5O5/c45-37-24-30(41-35-10-8-34(51)23-32(35)27-55-42(41)29-4-2-1-3-5-29)6-11-38(37)49-16-14-28(15-17-49)25-47-18-20-48(21-19-47)33-7-9-36-31(22-33)26-50(44(36)54)39-12-13-40(52)46-43(39)53/h1-11,22-24,28,39,41-42,51H,12-21,25-27H2,(H,46,52,53)/t39-,41+,42+/m0/s1. The molecule has 2 N–H and O–H groups in total. The highest BCUT2D eigenvalue weighted by molar-refractivity contribution is 6.05. The number of hydrogen-bond donors (Lipinski definition) is 2. The average molecular weight is 744 g/mol. The maximum absolute atomic E-state index is 16.0. The molecule has 5 aliphatic heterocycles. The van der Waals surface area contributed by atoms with Crippen molar-refractivity contribution in [2.45, 2.75) is 56.9 Å². The fourth-order valence-electron chi connectivity index (χ4n) is 9.39. The first-order valence-electron chi connectivity index (χ1n) is 19.6. The van der Waals surface area contributed by atoms with Gasteiger partial charge in [-0.05, 0) is 95.5 Å². The molecule has 5 heterocycles. The predicted molar refractivity (Wildman–Crippen MR) is 206 cm³/mol. The van der Waals surface area contributed by atoms with Crippen LogP contribution in [0.3, 0.4) is 0 Å². The zero-order valence-corrected chi connectivity index (χ0v) is 30.8. The first kappa shape index (κ1) is 35.4. The third-order valence-electron chi connectivity index (χ3n) is 12.4. The van der Waals surface area contributed by atoms with E-state index in [1.54, 1.807) is 23.1 Å². The van der Waals surface area contributed by atoms with Gasteiger partial charge in [-0.3, -0.25) is 24.6 Å². The van der Waals surface area contributed by atoms with E-state index in [-0.39, 0.29) is 47.7 Å². The van der Waals surface area contributed by atoms with Crippen molar-refractivity contribution in [3.05, 3.63) is 124 Å². The van der Waals surface area contributed by atoms with Crippen LogP contribution < -0.4 is 15.1 Å². The summed E-state index contributed by atoms with van der Waals surface area (Å²) in [6.45, 7) is 7.10. The number of nitrogens with zero attached hydrogens (tertiary/aromatic N) is 4. The van der Waals surface area contributed by atoms with Gasteiger partial charge in [0.2, 0.25) is 11.8 Å². The normalized spacial score (nSPS) is 23.5. The first-order chi connectivity index (χ1) is 26.8. The molecule has 0 radical (unpaired) electrons. The van der Waals surface area contributed by atoms with Gasteiger partial charge in [0.25, 0.3) is 5.91 Å². The number of carbonyl (C=O) groups excluding carboxylic acids is 3. The molecule has 11 heteroatoms. The molecule has 9 rings (SSSR count). The summed E-state index contributed by atoms with van der Waals surface area (Å²) in [6.07, 6.45) is 2.35. The lowest BCUT2D eigenvalue weighted by Gasteiger charge is -2.40. The Hall–Kier alpha value is -5.26. The number of hydrogen-bond acceptors (Lipinski definition) is 8. The van der Waals surface area contributed by atoms with Crippen molar-refractivity contribution in [3.63, 3.8) is 0 Å². The van der Waals surface area contributed by atoms with Crippen LogP contribution in [0.2, 0.25) is 0 Å². The van der Waals surface area contributed by atoms with Gasteiger partial charge in [0.1, 0.15) is 17.6 Å². The van der Waals surface area contributed by atoms with Crippen molar-refractivity contribution in [2.75, 3.05) is 55.6 Å². The summed E-state index contributed by atoms with van der Waals surface area (Å²) in [5, 5.41) is 12.5. The van der Waals surface area contributed by atoms with E-state index < -0.39 is 6.04 Å². The van der Waals surface area contributed by atoms with Crippen LogP contribution >= 0.6 is 0 Å². The second kappa shape index (κ2) is 14.8. The number of fused-ring (bicyclic) bond motifs is 2. The molecule has 0 saturated carbocycles. The van der Waals surface area contributed by atoms with Gasteiger partial charge in [-0.15, -0.1) is 0 Å². The Bertz CT molecular complexity index is 2110. The second-order valence-electron chi connectivity index (χ2n) is 15.7. The monoisotopic (exact) mass is 743 g/mol. The summed E-state index contributed by atoms with van der Waals surface area (Å²) < 4.78 is 22.4. The molecule has 0 bridgehead atoms. The van der Waals surface area contributed by atoms with Crippen LogP contribution in [0.4, 0.5) is 15.8 Å². The quantitative estimate of drug-likeness (QED) is 0.231. The van der Waals surface area contributed by atoms with Crippen molar-refractivity contribution < 1.29 is 28.6 Å². The Kier molecular flexibility index (Phi) is 9.51. The molecule has 3 atom stereocenters. The number of halogens is 1. The lowest BCUT2D eigenvalue weighted by molar-refractivity contribution is -0.136. The Balaban J connectivity index is 0.795. The summed E-state index contributed by atoms with van der Waals surface area (Å²) in [5.74, 6) is -0.495. The maximum atomic E-state index is 16.0. The van der Waals surface area contributed by atoms with Crippen LogP contribution in [0.1, 0.15) is 75.9 Å². The van der Waals surface area contributed by atoms with Crippen molar-refractivity contribution in [3.8, 4) is 5.75 Å². The van der Waals surface area contributed by atoms with Crippen LogP contribution in [0, 0.1) is 11.7 Å². The molecule has 4 aromatic rings. The number of benzene rings is 4. The van der Waals surface area contributed by atoms with Crippen molar-refractivity contribution in [2.24, 2.45) is 5.92 Å². The number of anilines is 2. The zero-order valence-electron chi connectivity index (χ0n) is 30.8. The van der Waals surface area contributed by atoms with E-state index >= 15 is 4.39 Å². The molecule has 10 nitrogen and oxygen atoms in total. The number of rotatable bonds is 7. The maximum Gasteiger partial charge on any atom is 0.255 e. The SMILES string of the molecule is O=C1CC[C@H](N2Cc3cc(N4CCN(CC5CCN(c6ccc([C@@H]7c8ccc(O)cc8CO[C@@H]7c7ccccc7)cc6F)CC5)CC4)ccc3C2=O)C(=O)N1. The number of phenols is 1. The van der Waals surface area contributed by atoms with Gasteiger partial charge < -0.3 is 24.5 Å². The number of piperazine rings is 1. The average Bonchev–Trinajstić information content (AvgIpc) is 3.53. The van der Waals surface area contributed by atoms with Crippen LogP contribution in [-0.4, -0.2) is 84.5 Å². The third kappa shape index (κ3) is 6.95. The number of piperidine rings is 2. The summed E-state index contributed by atoms with van der Waals surface area (Å²) in [7, 11) is 0. The summed E-state index contributed by atoms with van der Waals surface area (Å²) >= 11 is 0. The summed E-state index contributed by atoms with van der Waals surface area (Å²) in [5.41, 5.74) is 7.17. The lowest BCUT2D eigenvalue weighted by Crippen LogP contribution is -2.52. The summed E-state index contributed by atoms with van der Waals surface area (Å²) in [6, 6.07) is 26.5. The van der Waals surface area contributed by atoms with Gasteiger partial charge in [0, 0.05) is 75.9 Å². The van der Waals surface area contributed by atoms with Crippen LogP contribution in [0.5, 0.6) is 5.75 Å². The molecule has 0 aromatic heterocycles. The smallest absolute Gasteiger partial charge is 0.255 e. The zero-order chi connectivity index (χ0) is 37.6. The number of nitrogens with one attached hydrogen (secondary N) is 1. The highest BCUT2D eigenvalue weighted by atomic mass is 19.1. The van der Waals surface area contributed by atoms with Gasteiger partial charge in [0.05, 0.1) is 18.4 Å². The van der Waals surface area contributed by atoms with Crippen molar-refractivity contribution in [1.29, 1.82) is 0 Å². The predicted octanol–water partition coefficient (Wildman–Crippen LogP) is 5.73. The van der Waals surface area contributed by atoms with Gasteiger partial charge in [-0.1, -0.05) is 42.5 Å². The number of aromatic hydroxyl groups is 1. The molecule has 55 heavy (non-hydrogen) atoms. The number of carbonyl (C=O) groups is 3. The third-order valence-corrected chi connectivity index (χ3v) is 12.4. The highest BCUT2D eigenvalue weighted by Crippen LogP contribution is 2.46. The molecular weight excluding hydrogens is 698 g/mol. The van der Waals surface area contributed by atoms with Crippen LogP contribution in [0.25, 0.3) is 0 Å². The van der Waals surface area contributed by atoms with E-state index in [0.29, 0.717) is 36.7 Å². The largest absolute Gasteiger partial charge is 0.508 e. The van der Waals surface area contributed by atoms with Gasteiger partial charge >= 0.3 is 0 Å². The Labute approximate surface area is 320 Å². The van der Waals surface area contributed by atoms with Crippen LogP contribution in [-0.2, 0) is 27.5 Å². The van der Waals surface area contributed by atoms with Gasteiger partial charge in [0.15, 0.2) is 0 Å². The minimum Gasteiger partial charge on any atom is -0.508 e. The molecule has 284 valence electrons. The second-order valence-corrected chi connectivity index (χ2v) is 15.7. The minimum atomic E-state index is -0.609. The molecule has 5 aliphatic rings. The molecule has 3 saturated heterocycles. The van der Waals surface area contributed by atoms with E-state index in [9.17, 15) is 19.5 Å². The van der Waals surface area contributed by atoms with Crippen molar-refractivity contribution >= 4 is 29.1 Å². The Morgan fingerprint density at radius 2 is 1.58 bits per heavy atom. The fourth-order valence-corrected chi connectivity index (χ4v) is 9.39. The summed E-state index contributed by atoms with van der Waals surface area (Å²) in [4.78, 5) is 45.9. The lowest BCUT2D eigenvalue weighted by atomic mass is 9.79. The Morgan fingerprint density at radius 3 is 2.35 bits per heavy atom. The number of amides is 3. The molecule has 0 aliphatic carbocycles. The molecule has 3 amide bonds. The molecule has 4 aromatic carbocycles. The molecular formula is C44H46FN5O5. The van der Waals surface area contributed by atoms with E-state index in [1.807, 2.05) is 48.5 Å². The fraction of sp³-hybridized carbons (Fsp3) is 0.386. The number of phenolic OH excluding ortho intramolecular Hbond substituents is 1.